The highest BCUT2D eigenvalue weighted by Gasteiger charge is 2.36. The van der Waals surface area contributed by atoms with Gasteiger partial charge in [0.05, 0.1) is 22.8 Å². The van der Waals surface area contributed by atoms with Crippen molar-refractivity contribution in [2.24, 2.45) is 0 Å². The Kier molecular flexibility index (Phi) is 5.52. The summed E-state index contributed by atoms with van der Waals surface area (Å²) in [4.78, 5) is 23.8. The van der Waals surface area contributed by atoms with Crippen molar-refractivity contribution in [2.75, 3.05) is 4.90 Å². The van der Waals surface area contributed by atoms with E-state index in [0.717, 1.165) is 29.0 Å². The molecule has 8 nitrogen and oxygen atoms in total. The third-order valence-corrected chi connectivity index (χ3v) is 7.45. The fourth-order valence-corrected chi connectivity index (χ4v) is 5.75. The van der Waals surface area contributed by atoms with Crippen molar-refractivity contribution in [3.8, 4) is 27.7 Å². The summed E-state index contributed by atoms with van der Waals surface area (Å²) in [6, 6.07) is 6.72. The monoisotopic (exact) mass is 521 g/mol. The van der Waals surface area contributed by atoms with Crippen molar-refractivity contribution in [3.05, 3.63) is 70.7 Å². The Hall–Kier alpha value is -4.12. The molecule has 0 spiro atoms. The van der Waals surface area contributed by atoms with Crippen LogP contribution in [-0.4, -0.2) is 30.5 Å². The highest BCUT2D eigenvalue weighted by Crippen LogP contribution is 2.42. The molecule has 4 aromatic heterocycles. The van der Waals surface area contributed by atoms with E-state index in [-0.39, 0.29) is 23.9 Å². The van der Waals surface area contributed by atoms with Gasteiger partial charge in [0, 0.05) is 29.9 Å². The Bertz CT molecular complexity index is 1650. The summed E-state index contributed by atoms with van der Waals surface area (Å²) in [7, 11) is 0. The van der Waals surface area contributed by atoms with Crippen LogP contribution in [0.1, 0.15) is 42.5 Å². The van der Waals surface area contributed by atoms with Gasteiger partial charge in [0.25, 0.3) is 0 Å². The predicted molar refractivity (Wildman–Crippen MR) is 133 cm³/mol. The van der Waals surface area contributed by atoms with Crippen LogP contribution in [0.15, 0.2) is 46.4 Å². The molecule has 1 aliphatic rings. The third kappa shape index (κ3) is 3.86. The molecule has 1 unspecified atom stereocenters. The van der Waals surface area contributed by atoms with Gasteiger partial charge in [-0.25, -0.2) is 18.7 Å². The molecular weight excluding hydrogens is 500 g/mol. The molecule has 1 aromatic carbocycles. The molecule has 1 saturated heterocycles. The molecule has 0 radical (unpaired) electrons. The zero-order valence-corrected chi connectivity index (χ0v) is 20.7. The summed E-state index contributed by atoms with van der Waals surface area (Å²) in [6.07, 6.45) is 3.32. The van der Waals surface area contributed by atoms with Crippen molar-refractivity contribution >= 4 is 28.6 Å². The van der Waals surface area contributed by atoms with Gasteiger partial charge in [-0.15, -0.1) is 11.3 Å². The second kappa shape index (κ2) is 8.77. The van der Waals surface area contributed by atoms with E-state index in [2.05, 4.69) is 10.1 Å². The van der Waals surface area contributed by atoms with Gasteiger partial charge in [-0.05, 0) is 56.5 Å². The number of thiazole rings is 1. The van der Waals surface area contributed by atoms with Crippen molar-refractivity contribution in [3.63, 3.8) is 0 Å². The van der Waals surface area contributed by atoms with E-state index >= 15 is 0 Å². The molecule has 1 amide bonds. The van der Waals surface area contributed by atoms with Gasteiger partial charge < -0.3 is 14.5 Å². The van der Waals surface area contributed by atoms with Crippen LogP contribution in [0.4, 0.5) is 14.5 Å². The lowest BCUT2D eigenvalue weighted by Gasteiger charge is -2.35. The van der Waals surface area contributed by atoms with Crippen LogP contribution in [0.25, 0.3) is 27.5 Å². The third-order valence-electron chi connectivity index (χ3n) is 6.62. The highest BCUT2D eigenvalue weighted by molar-refractivity contribution is 7.13. The number of benzene rings is 1. The maximum atomic E-state index is 14.2. The molecule has 11 heteroatoms. The number of hydrogen-bond donors (Lipinski definition) is 1. The van der Waals surface area contributed by atoms with Crippen LogP contribution >= 0.6 is 11.3 Å². The zero-order chi connectivity index (χ0) is 25.8. The predicted octanol–water partition coefficient (Wildman–Crippen LogP) is 5.97. The largest absolute Gasteiger partial charge is 0.493 e. The number of pyridine rings is 1. The molecule has 1 N–H and O–H groups in total. The average molecular weight is 522 g/mol. The van der Waals surface area contributed by atoms with E-state index in [1.165, 1.54) is 27.7 Å². The number of halogens is 2. The summed E-state index contributed by atoms with van der Waals surface area (Å²) >= 11 is 1.25. The fraction of sp³-hybridized carbons (Fsp3) is 0.231. The van der Waals surface area contributed by atoms with Crippen LogP contribution < -0.4 is 4.90 Å². The van der Waals surface area contributed by atoms with E-state index in [4.69, 9.17) is 9.51 Å². The minimum Gasteiger partial charge on any atom is -0.493 e. The number of hydrogen-bond acceptors (Lipinski definition) is 7. The lowest BCUT2D eigenvalue weighted by atomic mass is 9.96. The van der Waals surface area contributed by atoms with Crippen molar-refractivity contribution in [1.29, 1.82) is 0 Å². The maximum Gasteiger partial charge on any atom is 0.227 e. The van der Waals surface area contributed by atoms with E-state index < -0.39 is 17.7 Å². The van der Waals surface area contributed by atoms with E-state index in [1.54, 1.807) is 0 Å². The van der Waals surface area contributed by atoms with Crippen molar-refractivity contribution in [1.82, 2.24) is 19.5 Å². The zero-order valence-electron chi connectivity index (χ0n) is 19.9. The Morgan fingerprint density at radius 3 is 2.68 bits per heavy atom. The first kappa shape index (κ1) is 23.3. The second-order valence-electron chi connectivity index (χ2n) is 8.97. The van der Waals surface area contributed by atoms with Gasteiger partial charge in [0.1, 0.15) is 22.1 Å². The highest BCUT2D eigenvalue weighted by atomic mass is 32.1. The number of fused-ring (bicyclic) bond motifs is 1. The first-order chi connectivity index (χ1) is 17.8. The first-order valence-corrected chi connectivity index (χ1v) is 12.6. The Labute approximate surface area is 213 Å². The summed E-state index contributed by atoms with van der Waals surface area (Å²) < 4.78 is 35.0. The Morgan fingerprint density at radius 1 is 1.14 bits per heavy atom. The van der Waals surface area contributed by atoms with Crippen LogP contribution in [0.5, 0.6) is 5.88 Å². The molecule has 1 aliphatic heterocycles. The number of aromatic hydroxyl groups is 1. The molecule has 1 atom stereocenters. The van der Waals surface area contributed by atoms with Crippen LogP contribution in [0.3, 0.4) is 0 Å². The van der Waals surface area contributed by atoms with Crippen molar-refractivity contribution < 1.29 is 23.2 Å². The standard InChI is InChI=1S/C26H21F2N5O3S/c1-13-23(14(2)36-31-13)15-8-9-32-20(10-15)29-24(25(32)26-30-21(34)12-37-26)19-4-3-5-22(35)33(19)16-6-7-17(27)18(28)11-16/h6-12,19,34H,3-5H2,1-2H3. The number of rotatable bonds is 4. The van der Waals surface area contributed by atoms with Gasteiger partial charge in [-0.1, -0.05) is 5.16 Å². The summed E-state index contributed by atoms with van der Waals surface area (Å²) in [6.45, 7) is 3.71. The summed E-state index contributed by atoms with van der Waals surface area (Å²) in [5, 5.41) is 16.1. The van der Waals surface area contributed by atoms with Gasteiger partial charge in [0.15, 0.2) is 11.6 Å². The molecule has 5 aromatic rings. The molecule has 0 saturated carbocycles. The molecule has 1 fully saturated rings. The lowest BCUT2D eigenvalue weighted by molar-refractivity contribution is -0.120. The van der Waals surface area contributed by atoms with E-state index in [9.17, 15) is 18.7 Å². The quantitative estimate of drug-likeness (QED) is 0.313. The number of aromatic nitrogens is 4. The van der Waals surface area contributed by atoms with Gasteiger partial charge in [0.2, 0.25) is 11.8 Å². The number of imidazole rings is 1. The number of amides is 1. The summed E-state index contributed by atoms with van der Waals surface area (Å²) in [5.41, 5.74) is 4.53. The molecule has 188 valence electrons. The normalized spacial score (nSPS) is 16.2. The molecule has 0 aliphatic carbocycles. The first-order valence-electron chi connectivity index (χ1n) is 11.7. The lowest BCUT2D eigenvalue weighted by Crippen LogP contribution is -2.38. The van der Waals surface area contributed by atoms with Crippen LogP contribution in [0.2, 0.25) is 0 Å². The van der Waals surface area contributed by atoms with Gasteiger partial charge in [-0.2, -0.15) is 0 Å². The number of anilines is 1. The fourth-order valence-electron chi connectivity index (χ4n) is 5.02. The van der Waals surface area contributed by atoms with Crippen LogP contribution in [-0.2, 0) is 4.79 Å². The Morgan fingerprint density at radius 2 is 1.97 bits per heavy atom. The Balaban J connectivity index is 1.56. The van der Waals surface area contributed by atoms with Crippen molar-refractivity contribution in [2.45, 2.75) is 39.2 Å². The van der Waals surface area contributed by atoms with Gasteiger partial charge in [-0.3, -0.25) is 9.20 Å². The molecule has 37 heavy (non-hydrogen) atoms. The SMILES string of the molecule is Cc1noc(C)c1-c1ccn2c(-c3nc(O)cs3)c(C3CCCC(=O)N3c3ccc(F)c(F)c3)nc2c1. The van der Waals surface area contributed by atoms with E-state index in [1.807, 2.05) is 36.6 Å². The molecule has 5 heterocycles. The molecule has 0 bridgehead atoms. The molecular formula is C26H21F2N5O3S. The second-order valence-corrected chi connectivity index (χ2v) is 9.83. The number of piperidine rings is 1. The van der Waals surface area contributed by atoms with Gasteiger partial charge >= 0.3 is 0 Å². The summed E-state index contributed by atoms with van der Waals surface area (Å²) in [5.74, 6) is -1.66. The number of carbonyl (C=O) groups is 1. The number of aryl methyl sites for hydroxylation is 2. The van der Waals surface area contributed by atoms with E-state index in [0.29, 0.717) is 40.6 Å². The minimum absolute atomic E-state index is 0.120. The topological polar surface area (TPSA) is 96.8 Å². The number of carbonyl (C=O) groups excluding carboxylic acids is 1. The molecule has 6 rings (SSSR count). The maximum absolute atomic E-state index is 14.2. The smallest absolute Gasteiger partial charge is 0.227 e. The minimum atomic E-state index is -1.03. The van der Waals surface area contributed by atoms with Crippen LogP contribution in [0, 0.1) is 25.5 Å². The number of nitrogens with zero attached hydrogens (tertiary/aromatic N) is 5. The average Bonchev–Trinajstić information content (AvgIpc) is 3.56.